The molecule has 2 unspecified atom stereocenters. The fourth-order valence-corrected chi connectivity index (χ4v) is 7.08. The van der Waals surface area contributed by atoms with Gasteiger partial charge in [0.25, 0.3) is 0 Å². The van der Waals surface area contributed by atoms with E-state index in [0.717, 1.165) is 5.92 Å². The lowest BCUT2D eigenvalue weighted by Gasteiger charge is -2.65. The number of rotatable bonds is 3. The van der Waals surface area contributed by atoms with Crippen LogP contribution >= 0.6 is 15.9 Å². The van der Waals surface area contributed by atoms with Gasteiger partial charge in [-0.3, -0.25) is 4.79 Å². The zero-order valence-electron chi connectivity index (χ0n) is 12.9. The molecule has 21 heavy (non-hydrogen) atoms. The highest BCUT2D eigenvalue weighted by molar-refractivity contribution is 9.10. The summed E-state index contributed by atoms with van der Waals surface area (Å²) in [5, 5.41) is 0. The van der Waals surface area contributed by atoms with E-state index < -0.39 is 0 Å². The van der Waals surface area contributed by atoms with Crippen LogP contribution in [0.2, 0.25) is 0 Å². The van der Waals surface area contributed by atoms with Crippen molar-refractivity contribution in [1.29, 1.82) is 0 Å². The number of hydrogen-bond donors (Lipinski definition) is 0. The summed E-state index contributed by atoms with van der Waals surface area (Å²) in [5.74, 6) is 1.55. The highest BCUT2D eigenvalue weighted by atomic mass is 79.9. The van der Waals surface area contributed by atoms with E-state index in [2.05, 4.69) is 29.8 Å². The van der Waals surface area contributed by atoms with Gasteiger partial charge in [-0.25, -0.2) is 0 Å². The Labute approximate surface area is 134 Å². The summed E-state index contributed by atoms with van der Waals surface area (Å²) < 4.78 is 6.13. The molecule has 4 aliphatic carbocycles. The third-order valence-corrected chi connectivity index (χ3v) is 6.55. The van der Waals surface area contributed by atoms with E-state index in [-0.39, 0.29) is 11.2 Å². The van der Waals surface area contributed by atoms with Gasteiger partial charge in [-0.15, -0.1) is 0 Å². The lowest BCUT2D eigenvalue weighted by Crippen LogP contribution is -2.55. The van der Waals surface area contributed by atoms with Crippen LogP contribution in [0.3, 0.4) is 0 Å². The summed E-state index contributed by atoms with van der Waals surface area (Å²) in [4.78, 5) is 12.6. The third kappa shape index (κ3) is 2.32. The fraction of sp³-hybridized carbons (Fsp3) is 0.722. The summed E-state index contributed by atoms with van der Waals surface area (Å²) in [6.45, 7) is 4.91. The Morgan fingerprint density at radius 2 is 1.86 bits per heavy atom. The van der Waals surface area contributed by atoms with E-state index in [1.54, 1.807) is 6.07 Å². The number of halogens is 1. The molecular formula is C18H23BrO2. The van der Waals surface area contributed by atoms with Gasteiger partial charge in [0.05, 0.1) is 0 Å². The van der Waals surface area contributed by atoms with E-state index >= 15 is 0 Å². The monoisotopic (exact) mass is 350 g/mol. The lowest BCUT2D eigenvalue weighted by molar-refractivity contribution is -0.143. The maximum atomic E-state index is 12.6. The molecule has 1 aromatic heterocycles. The predicted molar refractivity (Wildman–Crippen MR) is 85.2 cm³/mol. The van der Waals surface area contributed by atoms with E-state index in [0.29, 0.717) is 27.7 Å². The van der Waals surface area contributed by atoms with Gasteiger partial charge in [-0.2, -0.15) is 0 Å². The van der Waals surface area contributed by atoms with Crippen LogP contribution in [-0.2, 0) is 0 Å². The highest BCUT2D eigenvalue weighted by Crippen LogP contribution is 2.70. The van der Waals surface area contributed by atoms with Gasteiger partial charge in [-0.1, -0.05) is 13.8 Å². The zero-order chi connectivity index (χ0) is 14.9. The van der Waals surface area contributed by atoms with Crippen molar-refractivity contribution in [3.05, 3.63) is 22.6 Å². The number of hydrogen-bond acceptors (Lipinski definition) is 2. The third-order valence-electron chi connectivity index (χ3n) is 6.13. The Bertz CT molecular complexity index is 584. The zero-order valence-corrected chi connectivity index (χ0v) is 14.5. The summed E-state index contributed by atoms with van der Waals surface area (Å²) in [7, 11) is 0. The van der Waals surface area contributed by atoms with Crippen LogP contribution in [-0.4, -0.2) is 5.78 Å². The molecular weight excluding hydrogens is 328 g/mol. The Kier molecular flexibility index (Phi) is 2.84. The molecule has 4 saturated carbocycles. The average Bonchev–Trinajstić information content (AvgIpc) is 2.70. The molecule has 4 aliphatic rings. The smallest absolute Gasteiger partial charge is 0.198 e. The predicted octanol–water partition coefficient (Wildman–Crippen LogP) is 5.61. The normalized spacial score (nSPS) is 44.2. The molecule has 0 saturated heterocycles. The second-order valence-corrected chi connectivity index (χ2v) is 9.62. The molecule has 0 radical (unpaired) electrons. The van der Waals surface area contributed by atoms with Crippen molar-refractivity contribution in [2.45, 2.75) is 58.8 Å². The number of furan rings is 1. The standard InChI is InChI=1S/C18H23BrO2/c1-16-5-12-6-17(2,9-16)11-18(7-12,10-16)8-13(20)14-3-4-15(19)21-14/h3-4,12H,5-11H2,1-2H3. The Balaban J connectivity index is 1.61. The number of carbonyl (C=O) groups excluding carboxylic acids is 1. The van der Waals surface area contributed by atoms with Gasteiger partial charge in [0.15, 0.2) is 16.2 Å². The first-order chi connectivity index (χ1) is 9.79. The molecule has 0 aromatic carbocycles. The minimum Gasteiger partial charge on any atom is -0.446 e. The molecule has 4 fully saturated rings. The van der Waals surface area contributed by atoms with Crippen molar-refractivity contribution in [3.63, 3.8) is 0 Å². The lowest BCUT2D eigenvalue weighted by atomic mass is 9.39. The molecule has 4 bridgehead atoms. The first kappa shape index (κ1) is 14.0. The van der Waals surface area contributed by atoms with Crippen LogP contribution < -0.4 is 0 Å². The van der Waals surface area contributed by atoms with Crippen molar-refractivity contribution >= 4 is 21.7 Å². The van der Waals surface area contributed by atoms with Gasteiger partial charge >= 0.3 is 0 Å². The maximum absolute atomic E-state index is 12.6. The summed E-state index contributed by atoms with van der Waals surface area (Å²) in [5.41, 5.74) is 1.18. The molecule has 0 amide bonds. The van der Waals surface area contributed by atoms with Crippen molar-refractivity contribution in [2.75, 3.05) is 0 Å². The fourth-order valence-electron chi connectivity index (χ4n) is 6.77. The van der Waals surface area contributed by atoms with Crippen LogP contribution in [0.15, 0.2) is 21.2 Å². The molecule has 0 spiro atoms. The first-order valence-corrected chi connectivity index (χ1v) is 8.87. The number of Topliss-reactive ketones (excluding diaryl/α,β-unsaturated/α-hetero) is 1. The topological polar surface area (TPSA) is 30.2 Å². The SMILES string of the molecule is CC12CC3CC(C)(C1)CC(CC(=O)c1ccc(Br)o1)(C3)C2. The molecule has 5 rings (SSSR count). The van der Waals surface area contributed by atoms with Gasteiger partial charge in [0.1, 0.15) is 0 Å². The maximum Gasteiger partial charge on any atom is 0.198 e. The van der Waals surface area contributed by atoms with E-state index in [9.17, 15) is 4.79 Å². The average molecular weight is 351 g/mol. The Morgan fingerprint density at radius 1 is 1.19 bits per heavy atom. The molecule has 3 heteroatoms. The van der Waals surface area contributed by atoms with Crippen molar-refractivity contribution in [2.24, 2.45) is 22.2 Å². The summed E-state index contributed by atoms with van der Waals surface area (Å²) >= 11 is 3.29. The van der Waals surface area contributed by atoms with Crippen LogP contribution in [0.5, 0.6) is 0 Å². The van der Waals surface area contributed by atoms with E-state index in [1.165, 1.54) is 38.5 Å². The van der Waals surface area contributed by atoms with Crippen molar-refractivity contribution in [1.82, 2.24) is 0 Å². The summed E-state index contributed by atoms with van der Waals surface area (Å²) in [6, 6.07) is 3.62. The quantitative estimate of drug-likeness (QED) is 0.663. The van der Waals surface area contributed by atoms with Crippen molar-refractivity contribution < 1.29 is 9.21 Å². The second kappa shape index (κ2) is 4.24. The van der Waals surface area contributed by atoms with Crippen LogP contribution in [0.1, 0.15) is 69.3 Å². The molecule has 0 N–H and O–H groups in total. The number of carbonyl (C=O) groups is 1. The van der Waals surface area contributed by atoms with E-state index in [4.69, 9.17) is 4.42 Å². The minimum atomic E-state index is 0.190. The van der Waals surface area contributed by atoms with Gasteiger partial charge in [0.2, 0.25) is 0 Å². The molecule has 1 heterocycles. The van der Waals surface area contributed by atoms with Crippen LogP contribution in [0.25, 0.3) is 0 Å². The largest absolute Gasteiger partial charge is 0.446 e. The van der Waals surface area contributed by atoms with Crippen LogP contribution in [0, 0.1) is 22.2 Å². The van der Waals surface area contributed by atoms with Gasteiger partial charge in [-0.05, 0) is 88.8 Å². The Hall–Kier alpha value is -0.570. The molecule has 114 valence electrons. The molecule has 2 nitrogen and oxygen atoms in total. The minimum absolute atomic E-state index is 0.190. The van der Waals surface area contributed by atoms with Gasteiger partial charge < -0.3 is 4.42 Å². The molecule has 2 atom stereocenters. The van der Waals surface area contributed by atoms with Crippen molar-refractivity contribution in [3.8, 4) is 0 Å². The van der Waals surface area contributed by atoms with Gasteiger partial charge in [0, 0.05) is 6.42 Å². The highest BCUT2D eigenvalue weighted by Gasteiger charge is 2.60. The second-order valence-electron chi connectivity index (χ2n) is 8.83. The molecule has 1 aromatic rings. The van der Waals surface area contributed by atoms with E-state index in [1.807, 2.05) is 6.07 Å². The first-order valence-electron chi connectivity index (χ1n) is 8.08. The van der Waals surface area contributed by atoms with Crippen LogP contribution in [0.4, 0.5) is 0 Å². The Morgan fingerprint density at radius 3 is 2.38 bits per heavy atom. The molecule has 0 aliphatic heterocycles. The summed E-state index contributed by atoms with van der Waals surface area (Å²) in [6.07, 6.45) is 8.52. The number of ketones is 1.